The predicted octanol–water partition coefficient (Wildman–Crippen LogP) is 1.31. The van der Waals surface area contributed by atoms with Crippen LogP contribution in [0.5, 0.6) is 0 Å². The molecule has 0 saturated heterocycles. The first kappa shape index (κ1) is 15.7. The van der Waals surface area contributed by atoms with Crippen LogP contribution in [0.15, 0.2) is 23.2 Å². The maximum absolute atomic E-state index is 12.5. The molecule has 0 saturated carbocycles. The maximum atomic E-state index is 12.5. The Hall–Kier alpha value is -1.70. The normalized spacial score (nSPS) is 11.8. The summed E-state index contributed by atoms with van der Waals surface area (Å²) in [4.78, 5) is 0.202. The van der Waals surface area contributed by atoms with Crippen molar-refractivity contribution in [2.75, 3.05) is 0 Å². The highest BCUT2D eigenvalue weighted by Gasteiger charge is 2.19. The van der Waals surface area contributed by atoms with Gasteiger partial charge in [0.25, 0.3) is 0 Å². The summed E-state index contributed by atoms with van der Waals surface area (Å²) in [6.07, 6.45) is 1.60. The van der Waals surface area contributed by atoms with Gasteiger partial charge in [-0.3, -0.25) is 5.10 Å². The molecule has 6 nitrogen and oxygen atoms in total. The van der Waals surface area contributed by atoms with Crippen LogP contribution in [0.25, 0.3) is 0 Å². The molecule has 2 aromatic rings. The van der Waals surface area contributed by atoms with Crippen molar-refractivity contribution in [2.45, 2.75) is 38.8 Å². The maximum Gasteiger partial charge on any atom is 0.241 e. The van der Waals surface area contributed by atoms with E-state index < -0.39 is 10.0 Å². The molecule has 7 heteroatoms. The summed E-state index contributed by atoms with van der Waals surface area (Å²) in [6, 6.07) is 3.29. The van der Waals surface area contributed by atoms with Crippen molar-refractivity contribution in [3.8, 4) is 0 Å². The second-order valence-electron chi connectivity index (χ2n) is 5.04. The first-order chi connectivity index (χ1) is 9.85. The predicted molar refractivity (Wildman–Crippen MR) is 79.2 cm³/mol. The minimum atomic E-state index is -3.64. The van der Waals surface area contributed by atoms with Gasteiger partial charge in [0.05, 0.1) is 17.7 Å². The van der Waals surface area contributed by atoms with Gasteiger partial charge < -0.3 is 5.11 Å². The SMILES string of the molecule is Cc1cc(CO)cc(S(=O)(=O)NCc2cn[nH]c2C)c1C. The Bertz CT molecular complexity index is 751. The summed E-state index contributed by atoms with van der Waals surface area (Å²) in [5.41, 5.74) is 3.73. The van der Waals surface area contributed by atoms with E-state index in [1.807, 2.05) is 13.8 Å². The van der Waals surface area contributed by atoms with Crippen molar-refractivity contribution < 1.29 is 13.5 Å². The number of aromatic nitrogens is 2. The highest BCUT2D eigenvalue weighted by Crippen LogP contribution is 2.21. The Morgan fingerprint density at radius 3 is 2.57 bits per heavy atom. The first-order valence-corrected chi connectivity index (χ1v) is 8.03. The lowest BCUT2D eigenvalue weighted by Crippen LogP contribution is -2.24. The van der Waals surface area contributed by atoms with Crippen molar-refractivity contribution >= 4 is 10.0 Å². The molecule has 0 bridgehead atoms. The number of aliphatic hydroxyl groups excluding tert-OH is 1. The smallest absolute Gasteiger partial charge is 0.241 e. The number of hydrogen-bond donors (Lipinski definition) is 3. The fourth-order valence-corrected chi connectivity index (χ4v) is 3.45. The Kier molecular flexibility index (Phi) is 4.46. The van der Waals surface area contributed by atoms with E-state index in [-0.39, 0.29) is 18.0 Å². The van der Waals surface area contributed by atoms with Crippen molar-refractivity contribution in [2.24, 2.45) is 0 Å². The van der Waals surface area contributed by atoms with Crippen LogP contribution in [0.3, 0.4) is 0 Å². The monoisotopic (exact) mass is 309 g/mol. The zero-order valence-corrected chi connectivity index (χ0v) is 13.1. The molecule has 0 atom stereocenters. The molecule has 0 aliphatic rings. The number of hydrogen-bond acceptors (Lipinski definition) is 4. The summed E-state index contributed by atoms with van der Waals surface area (Å²) < 4.78 is 27.5. The summed E-state index contributed by atoms with van der Waals surface area (Å²) >= 11 is 0. The van der Waals surface area contributed by atoms with Gasteiger partial charge in [-0.05, 0) is 43.5 Å². The summed E-state index contributed by atoms with van der Waals surface area (Å²) in [5, 5.41) is 15.9. The number of benzene rings is 1. The minimum absolute atomic E-state index is 0.173. The van der Waals surface area contributed by atoms with Crippen LogP contribution in [0.1, 0.15) is 27.9 Å². The lowest BCUT2D eigenvalue weighted by Gasteiger charge is -2.13. The molecule has 0 amide bonds. The molecule has 3 N–H and O–H groups in total. The molecule has 21 heavy (non-hydrogen) atoms. The van der Waals surface area contributed by atoms with E-state index in [4.69, 9.17) is 0 Å². The molecule has 1 aromatic heterocycles. The number of nitrogens with zero attached hydrogens (tertiary/aromatic N) is 1. The van der Waals surface area contributed by atoms with E-state index in [0.29, 0.717) is 11.1 Å². The van der Waals surface area contributed by atoms with Gasteiger partial charge in [-0.2, -0.15) is 5.10 Å². The first-order valence-electron chi connectivity index (χ1n) is 6.54. The van der Waals surface area contributed by atoms with Crippen LogP contribution in [0.4, 0.5) is 0 Å². The van der Waals surface area contributed by atoms with Crippen LogP contribution in [0.2, 0.25) is 0 Å². The molecular formula is C14H19N3O3S. The van der Waals surface area contributed by atoms with E-state index in [9.17, 15) is 13.5 Å². The molecule has 1 aromatic carbocycles. The van der Waals surface area contributed by atoms with Gasteiger partial charge in [0.1, 0.15) is 0 Å². The standard InChI is InChI=1S/C14H19N3O3S/c1-9-4-12(8-18)5-14(10(9)2)21(19,20)16-7-13-6-15-17-11(13)3/h4-6,16,18H,7-8H2,1-3H3,(H,15,17). The van der Waals surface area contributed by atoms with Crippen molar-refractivity contribution in [3.05, 3.63) is 46.3 Å². The Morgan fingerprint density at radius 1 is 1.29 bits per heavy atom. The van der Waals surface area contributed by atoms with Crippen molar-refractivity contribution in [1.29, 1.82) is 0 Å². The molecule has 0 fully saturated rings. The molecule has 0 spiro atoms. The van der Waals surface area contributed by atoms with Gasteiger partial charge >= 0.3 is 0 Å². The molecule has 114 valence electrons. The summed E-state index contributed by atoms with van der Waals surface area (Å²) in [6.45, 7) is 5.40. The van der Waals surface area contributed by atoms with Gasteiger partial charge in [-0.25, -0.2) is 13.1 Å². The van der Waals surface area contributed by atoms with Crippen LogP contribution in [-0.2, 0) is 23.2 Å². The van der Waals surface area contributed by atoms with E-state index >= 15 is 0 Å². The molecule has 0 aliphatic carbocycles. The van der Waals surface area contributed by atoms with Crippen LogP contribution >= 0.6 is 0 Å². The second kappa shape index (κ2) is 5.97. The van der Waals surface area contributed by atoms with E-state index in [1.165, 1.54) is 6.07 Å². The summed E-state index contributed by atoms with van der Waals surface area (Å²) in [5.74, 6) is 0. The zero-order chi connectivity index (χ0) is 15.6. The molecule has 0 radical (unpaired) electrons. The van der Waals surface area contributed by atoms with Crippen molar-refractivity contribution in [3.63, 3.8) is 0 Å². The van der Waals surface area contributed by atoms with Crippen LogP contribution in [0, 0.1) is 20.8 Å². The molecule has 2 rings (SSSR count). The van der Waals surface area contributed by atoms with Gasteiger partial charge in [0, 0.05) is 17.8 Å². The minimum Gasteiger partial charge on any atom is -0.392 e. The molecule has 1 heterocycles. The van der Waals surface area contributed by atoms with E-state index in [2.05, 4.69) is 14.9 Å². The third kappa shape index (κ3) is 3.31. The van der Waals surface area contributed by atoms with Gasteiger partial charge in [0.15, 0.2) is 0 Å². The van der Waals surface area contributed by atoms with Gasteiger partial charge in [0.2, 0.25) is 10.0 Å². The number of sulfonamides is 1. The lowest BCUT2D eigenvalue weighted by molar-refractivity contribution is 0.281. The highest BCUT2D eigenvalue weighted by atomic mass is 32.2. The third-order valence-corrected chi connectivity index (χ3v) is 5.07. The average molecular weight is 309 g/mol. The second-order valence-corrected chi connectivity index (χ2v) is 6.77. The zero-order valence-electron chi connectivity index (χ0n) is 12.3. The van der Waals surface area contributed by atoms with E-state index in [0.717, 1.165) is 16.8 Å². The average Bonchev–Trinajstić information content (AvgIpc) is 2.84. The quantitative estimate of drug-likeness (QED) is 0.776. The fraction of sp³-hybridized carbons (Fsp3) is 0.357. The Labute approximate surface area is 124 Å². The topological polar surface area (TPSA) is 95.1 Å². The fourth-order valence-electron chi connectivity index (χ4n) is 2.07. The van der Waals surface area contributed by atoms with Gasteiger partial charge in [-0.15, -0.1) is 0 Å². The lowest BCUT2D eigenvalue weighted by atomic mass is 10.1. The largest absolute Gasteiger partial charge is 0.392 e. The number of aromatic amines is 1. The molecule has 0 unspecified atom stereocenters. The number of rotatable bonds is 5. The van der Waals surface area contributed by atoms with Gasteiger partial charge in [-0.1, -0.05) is 6.07 Å². The summed E-state index contributed by atoms with van der Waals surface area (Å²) in [7, 11) is -3.64. The molecular weight excluding hydrogens is 290 g/mol. The third-order valence-electron chi connectivity index (χ3n) is 3.54. The number of aryl methyl sites for hydroxylation is 2. The Morgan fingerprint density at radius 2 is 2.00 bits per heavy atom. The number of nitrogens with one attached hydrogen (secondary N) is 2. The highest BCUT2D eigenvalue weighted by molar-refractivity contribution is 7.89. The number of aliphatic hydroxyl groups is 1. The van der Waals surface area contributed by atoms with E-state index in [1.54, 1.807) is 19.2 Å². The number of H-pyrrole nitrogens is 1. The molecule has 0 aliphatic heterocycles. The van der Waals surface area contributed by atoms with Crippen molar-refractivity contribution in [1.82, 2.24) is 14.9 Å². The van der Waals surface area contributed by atoms with Crippen LogP contribution < -0.4 is 4.72 Å². The van der Waals surface area contributed by atoms with Crippen LogP contribution in [-0.4, -0.2) is 23.7 Å². The Balaban J connectivity index is 2.31.